The van der Waals surface area contributed by atoms with Crippen molar-refractivity contribution in [2.75, 3.05) is 0 Å². The molecule has 2 saturated carbocycles. The number of hydrogen-bond acceptors (Lipinski definition) is 1. The van der Waals surface area contributed by atoms with Crippen molar-refractivity contribution in [3.05, 3.63) is 48.1 Å². The van der Waals surface area contributed by atoms with Gasteiger partial charge < -0.3 is 0 Å². The van der Waals surface area contributed by atoms with E-state index in [1.807, 2.05) is 0 Å². The average Bonchev–Trinajstić information content (AvgIpc) is 2.92. The Morgan fingerprint density at radius 1 is 1.18 bits per heavy atom. The third-order valence-electron chi connectivity index (χ3n) is 5.04. The van der Waals surface area contributed by atoms with E-state index < -0.39 is 0 Å². The number of ketones is 1. The SMILES string of the molecule is O=C1CC2CC2(C2C=CC=C3C=CC=CC32)C1. The summed E-state index contributed by atoms with van der Waals surface area (Å²) in [5.74, 6) is 2.24. The molecule has 1 heteroatoms. The fraction of sp³-hybridized carbons (Fsp3) is 0.438. The van der Waals surface area contributed by atoms with Crippen molar-refractivity contribution >= 4 is 5.78 Å². The molecule has 0 spiro atoms. The Hall–Kier alpha value is -1.37. The van der Waals surface area contributed by atoms with E-state index in [-0.39, 0.29) is 0 Å². The molecule has 0 amide bonds. The normalized spacial score (nSPS) is 45.5. The predicted molar refractivity (Wildman–Crippen MR) is 67.3 cm³/mol. The van der Waals surface area contributed by atoms with Crippen molar-refractivity contribution in [1.29, 1.82) is 0 Å². The second kappa shape index (κ2) is 3.10. The topological polar surface area (TPSA) is 17.1 Å². The summed E-state index contributed by atoms with van der Waals surface area (Å²) >= 11 is 0. The molecule has 4 rings (SSSR count). The molecular weight excluding hydrogens is 208 g/mol. The summed E-state index contributed by atoms with van der Waals surface area (Å²) in [6.07, 6.45) is 18.5. The van der Waals surface area contributed by atoms with E-state index in [9.17, 15) is 4.79 Å². The summed E-state index contributed by atoms with van der Waals surface area (Å²) in [4.78, 5) is 11.6. The fourth-order valence-electron chi connectivity index (χ4n) is 4.15. The van der Waals surface area contributed by atoms with Crippen LogP contribution in [0.1, 0.15) is 19.3 Å². The first-order valence-electron chi connectivity index (χ1n) is 6.54. The summed E-state index contributed by atoms with van der Waals surface area (Å²) in [6, 6.07) is 0. The predicted octanol–water partition coefficient (Wildman–Crippen LogP) is 3.21. The Morgan fingerprint density at radius 3 is 2.94 bits per heavy atom. The minimum Gasteiger partial charge on any atom is -0.300 e. The zero-order valence-corrected chi connectivity index (χ0v) is 9.80. The number of carbonyl (C=O) groups excluding carboxylic acids is 1. The Balaban J connectivity index is 1.70. The second-order valence-electron chi connectivity index (χ2n) is 5.90. The third kappa shape index (κ3) is 1.23. The van der Waals surface area contributed by atoms with Gasteiger partial charge in [0.2, 0.25) is 0 Å². The highest BCUT2D eigenvalue weighted by atomic mass is 16.1. The molecule has 4 unspecified atom stereocenters. The van der Waals surface area contributed by atoms with Gasteiger partial charge in [0.05, 0.1) is 0 Å². The highest BCUT2D eigenvalue weighted by Crippen LogP contribution is 2.69. The van der Waals surface area contributed by atoms with Crippen molar-refractivity contribution in [3.8, 4) is 0 Å². The molecule has 86 valence electrons. The van der Waals surface area contributed by atoms with Gasteiger partial charge in [0, 0.05) is 18.8 Å². The summed E-state index contributed by atoms with van der Waals surface area (Å²) in [5, 5.41) is 0. The van der Waals surface area contributed by atoms with Crippen LogP contribution in [-0.4, -0.2) is 5.78 Å². The van der Waals surface area contributed by atoms with E-state index in [1.165, 1.54) is 12.0 Å². The van der Waals surface area contributed by atoms with Gasteiger partial charge in [0.25, 0.3) is 0 Å². The first kappa shape index (κ1) is 9.64. The monoisotopic (exact) mass is 224 g/mol. The van der Waals surface area contributed by atoms with E-state index in [1.54, 1.807) is 0 Å². The summed E-state index contributed by atoms with van der Waals surface area (Å²) < 4.78 is 0. The van der Waals surface area contributed by atoms with Crippen molar-refractivity contribution < 1.29 is 4.79 Å². The highest BCUT2D eigenvalue weighted by molar-refractivity contribution is 5.84. The molecule has 0 N–H and O–H groups in total. The van der Waals surface area contributed by atoms with E-state index in [0.717, 1.165) is 12.8 Å². The van der Waals surface area contributed by atoms with Crippen LogP contribution in [0.2, 0.25) is 0 Å². The van der Waals surface area contributed by atoms with Gasteiger partial charge in [0.15, 0.2) is 0 Å². The average molecular weight is 224 g/mol. The van der Waals surface area contributed by atoms with Crippen molar-refractivity contribution in [2.45, 2.75) is 19.3 Å². The van der Waals surface area contributed by atoms with E-state index >= 15 is 0 Å². The molecule has 1 nitrogen and oxygen atoms in total. The number of rotatable bonds is 1. The van der Waals surface area contributed by atoms with Gasteiger partial charge in [-0.3, -0.25) is 4.79 Å². The van der Waals surface area contributed by atoms with Crippen molar-refractivity contribution in [2.24, 2.45) is 23.2 Å². The summed E-state index contributed by atoms with van der Waals surface area (Å²) in [5.41, 5.74) is 1.74. The lowest BCUT2D eigenvalue weighted by Gasteiger charge is -2.33. The molecule has 0 aromatic heterocycles. The van der Waals surface area contributed by atoms with Crippen LogP contribution in [-0.2, 0) is 4.79 Å². The molecule has 2 fully saturated rings. The van der Waals surface area contributed by atoms with Crippen LogP contribution in [0.15, 0.2) is 48.1 Å². The van der Waals surface area contributed by atoms with Gasteiger partial charge in [-0.25, -0.2) is 0 Å². The van der Waals surface area contributed by atoms with E-state index in [0.29, 0.717) is 29.0 Å². The van der Waals surface area contributed by atoms with Crippen LogP contribution >= 0.6 is 0 Å². The number of carbonyl (C=O) groups is 1. The van der Waals surface area contributed by atoms with Gasteiger partial charge in [-0.15, -0.1) is 0 Å². The molecular formula is C16H16O. The maximum Gasteiger partial charge on any atom is 0.133 e. The van der Waals surface area contributed by atoms with Crippen LogP contribution in [0.4, 0.5) is 0 Å². The van der Waals surface area contributed by atoms with Gasteiger partial charge in [-0.05, 0) is 29.2 Å². The Morgan fingerprint density at radius 2 is 2.12 bits per heavy atom. The Kier molecular flexibility index (Phi) is 1.76. The molecule has 4 aliphatic rings. The molecule has 0 radical (unpaired) electrons. The molecule has 0 aromatic rings. The highest BCUT2D eigenvalue weighted by Gasteiger charge is 2.64. The van der Waals surface area contributed by atoms with Crippen molar-refractivity contribution in [1.82, 2.24) is 0 Å². The summed E-state index contributed by atoms with van der Waals surface area (Å²) in [6.45, 7) is 0. The molecule has 0 bridgehead atoms. The van der Waals surface area contributed by atoms with Crippen molar-refractivity contribution in [3.63, 3.8) is 0 Å². The minimum absolute atomic E-state index is 0.327. The zero-order valence-electron chi connectivity index (χ0n) is 9.80. The first-order chi connectivity index (χ1) is 8.29. The second-order valence-corrected chi connectivity index (χ2v) is 5.90. The molecule has 17 heavy (non-hydrogen) atoms. The quantitative estimate of drug-likeness (QED) is 0.668. The lowest BCUT2D eigenvalue weighted by Crippen LogP contribution is -2.26. The van der Waals surface area contributed by atoms with Gasteiger partial charge in [-0.2, -0.15) is 0 Å². The Bertz CT molecular complexity index is 506. The van der Waals surface area contributed by atoms with Gasteiger partial charge in [-0.1, -0.05) is 42.5 Å². The lowest BCUT2D eigenvalue weighted by molar-refractivity contribution is -0.118. The lowest BCUT2D eigenvalue weighted by atomic mass is 9.71. The van der Waals surface area contributed by atoms with E-state index in [4.69, 9.17) is 0 Å². The van der Waals surface area contributed by atoms with Crippen LogP contribution in [0, 0.1) is 23.2 Å². The molecule has 0 aliphatic heterocycles. The molecule has 0 heterocycles. The molecule has 4 aliphatic carbocycles. The Labute approximate surface area is 102 Å². The maximum atomic E-state index is 11.6. The van der Waals surface area contributed by atoms with Gasteiger partial charge in [0.1, 0.15) is 5.78 Å². The van der Waals surface area contributed by atoms with Crippen LogP contribution in [0.3, 0.4) is 0 Å². The zero-order chi connectivity index (χ0) is 11.5. The first-order valence-corrected chi connectivity index (χ1v) is 6.54. The molecule has 0 saturated heterocycles. The fourth-order valence-corrected chi connectivity index (χ4v) is 4.15. The smallest absolute Gasteiger partial charge is 0.133 e. The van der Waals surface area contributed by atoms with Crippen LogP contribution in [0.5, 0.6) is 0 Å². The molecule has 0 aromatic carbocycles. The number of Topliss-reactive ketones (excluding diaryl/α,β-unsaturated/α-hetero) is 1. The number of allylic oxidation sites excluding steroid dienone is 8. The van der Waals surface area contributed by atoms with Crippen LogP contribution < -0.4 is 0 Å². The van der Waals surface area contributed by atoms with Crippen LogP contribution in [0.25, 0.3) is 0 Å². The standard InChI is InChI=1S/C16H16O/c17-13-8-12-9-16(12,10-13)15-7-3-5-11-4-1-2-6-14(11)15/h1-7,12,14-15H,8-10H2. The molecule has 4 atom stereocenters. The maximum absolute atomic E-state index is 11.6. The minimum atomic E-state index is 0.327. The number of fused-ring (bicyclic) bond motifs is 2. The third-order valence-corrected chi connectivity index (χ3v) is 5.04. The van der Waals surface area contributed by atoms with E-state index in [2.05, 4.69) is 42.5 Å². The largest absolute Gasteiger partial charge is 0.300 e. The summed E-state index contributed by atoms with van der Waals surface area (Å²) in [7, 11) is 0. The number of hydrogen-bond donors (Lipinski definition) is 0. The van der Waals surface area contributed by atoms with Gasteiger partial charge >= 0.3 is 0 Å².